The molecule has 2 fully saturated rings. The molecular formula is C18H32N2O4S3. The van der Waals surface area contributed by atoms with Gasteiger partial charge in [-0.25, -0.2) is 0 Å². The van der Waals surface area contributed by atoms with Crippen molar-refractivity contribution in [3.63, 3.8) is 0 Å². The van der Waals surface area contributed by atoms with Crippen molar-refractivity contribution >= 4 is 52.4 Å². The van der Waals surface area contributed by atoms with E-state index < -0.39 is 24.0 Å². The van der Waals surface area contributed by atoms with Crippen molar-refractivity contribution in [2.45, 2.75) is 50.7 Å². The Bertz CT molecular complexity index is 569. The topological polar surface area (TPSA) is 113 Å². The lowest BCUT2D eigenvalue weighted by molar-refractivity contribution is -0.140. The second-order valence-electron chi connectivity index (χ2n) is 6.65. The van der Waals surface area contributed by atoms with Crippen LogP contribution in [-0.4, -0.2) is 34.2 Å². The summed E-state index contributed by atoms with van der Waals surface area (Å²) in [6.07, 6.45) is 4.05. The SMILES string of the molecule is C[C@H](N[C@H](C(=O)O)C1CC1)c1ccccc1.N[C@H](C(=O)O)C1CC1.S.S.S. The van der Waals surface area contributed by atoms with E-state index in [4.69, 9.17) is 15.9 Å². The Morgan fingerprint density at radius 3 is 1.78 bits per heavy atom. The molecule has 2 aliphatic carbocycles. The van der Waals surface area contributed by atoms with Gasteiger partial charge in [0.05, 0.1) is 0 Å². The van der Waals surface area contributed by atoms with Crippen LogP contribution in [0.2, 0.25) is 0 Å². The summed E-state index contributed by atoms with van der Waals surface area (Å²) in [5, 5.41) is 20.6. The van der Waals surface area contributed by atoms with Crippen LogP contribution in [0.4, 0.5) is 0 Å². The highest BCUT2D eigenvalue weighted by Crippen LogP contribution is 2.34. The fourth-order valence-corrected chi connectivity index (χ4v) is 2.60. The fourth-order valence-electron chi connectivity index (χ4n) is 2.60. The normalized spacial score (nSPS) is 18.0. The van der Waals surface area contributed by atoms with Crippen LogP contribution in [0.5, 0.6) is 0 Å². The van der Waals surface area contributed by atoms with Gasteiger partial charge in [0, 0.05) is 6.04 Å². The Hall–Kier alpha value is -0.870. The third-order valence-corrected chi connectivity index (χ3v) is 4.50. The third-order valence-electron chi connectivity index (χ3n) is 4.50. The molecule has 0 aromatic heterocycles. The maximum Gasteiger partial charge on any atom is 0.320 e. The number of benzene rings is 1. The van der Waals surface area contributed by atoms with Crippen molar-refractivity contribution in [3.05, 3.63) is 35.9 Å². The smallest absolute Gasteiger partial charge is 0.320 e. The van der Waals surface area contributed by atoms with Gasteiger partial charge in [-0.1, -0.05) is 30.3 Å². The van der Waals surface area contributed by atoms with E-state index in [9.17, 15) is 9.59 Å². The standard InChI is InChI=1S/C13H17NO2.C5H9NO2.3H2S/c1-9(10-5-3-2-4-6-10)14-12(13(15)16)11-7-8-11;6-4(5(7)8)3-1-2-3;;;/h2-6,9,11-12,14H,7-8H2,1H3,(H,15,16);3-4H,1-2,6H2,(H,7,8);3*1H2/t9-,12-;4-;;;/m00.../s1. The van der Waals surface area contributed by atoms with Gasteiger partial charge in [-0.3, -0.25) is 14.9 Å². The van der Waals surface area contributed by atoms with Crippen molar-refractivity contribution in [1.82, 2.24) is 5.32 Å². The largest absolute Gasteiger partial charge is 0.480 e. The highest BCUT2D eigenvalue weighted by atomic mass is 32.1. The van der Waals surface area contributed by atoms with Crippen LogP contribution in [0.3, 0.4) is 0 Å². The molecule has 5 N–H and O–H groups in total. The zero-order chi connectivity index (χ0) is 17.7. The second kappa shape index (κ2) is 13.3. The van der Waals surface area contributed by atoms with Gasteiger partial charge in [0.2, 0.25) is 0 Å². The van der Waals surface area contributed by atoms with E-state index in [1.807, 2.05) is 37.3 Å². The predicted molar refractivity (Wildman–Crippen MR) is 122 cm³/mol. The van der Waals surface area contributed by atoms with Gasteiger partial charge in [0.25, 0.3) is 0 Å². The van der Waals surface area contributed by atoms with E-state index in [0.29, 0.717) is 5.92 Å². The summed E-state index contributed by atoms with van der Waals surface area (Å²) in [4.78, 5) is 21.1. The van der Waals surface area contributed by atoms with Gasteiger partial charge >= 0.3 is 11.9 Å². The summed E-state index contributed by atoms with van der Waals surface area (Å²) < 4.78 is 0. The molecule has 2 saturated carbocycles. The maximum atomic E-state index is 11.1. The molecule has 0 saturated heterocycles. The van der Waals surface area contributed by atoms with E-state index in [1.165, 1.54) is 0 Å². The highest BCUT2D eigenvalue weighted by Gasteiger charge is 2.36. The molecule has 0 spiro atoms. The van der Waals surface area contributed by atoms with Crippen molar-refractivity contribution < 1.29 is 19.8 Å². The number of carboxylic acids is 2. The second-order valence-corrected chi connectivity index (χ2v) is 6.65. The first-order chi connectivity index (χ1) is 11.4. The lowest BCUT2D eigenvalue weighted by Gasteiger charge is -2.20. The molecule has 27 heavy (non-hydrogen) atoms. The number of rotatable bonds is 7. The number of nitrogens with two attached hydrogens (primary N) is 1. The van der Waals surface area contributed by atoms with E-state index >= 15 is 0 Å². The molecule has 0 bridgehead atoms. The monoisotopic (exact) mass is 436 g/mol. The third kappa shape index (κ3) is 9.75. The van der Waals surface area contributed by atoms with Crippen LogP contribution in [0.1, 0.15) is 44.2 Å². The Balaban J connectivity index is 0. The number of hydrogen-bond acceptors (Lipinski definition) is 4. The van der Waals surface area contributed by atoms with Crippen molar-refractivity contribution in [2.24, 2.45) is 17.6 Å². The maximum absolute atomic E-state index is 11.1. The van der Waals surface area contributed by atoms with Crippen LogP contribution in [0.15, 0.2) is 30.3 Å². The molecule has 1 aromatic rings. The van der Waals surface area contributed by atoms with Crippen LogP contribution < -0.4 is 11.1 Å². The first-order valence-electron chi connectivity index (χ1n) is 8.42. The van der Waals surface area contributed by atoms with Crippen molar-refractivity contribution in [2.75, 3.05) is 0 Å². The number of carbonyl (C=O) groups is 2. The van der Waals surface area contributed by atoms with Crippen molar-refractivity contribution in [1.29, 1.82) is 0 Å². The Labute approximate surface area is 181 Å². The number of carboxylic acid groups (broad SMARTS) is 2. The summed E-state index contributed by atoms with van der Waals surface area (Å²) in [5.74, 6) is -1.01. The summed E-state index contributed by atoms with van der Waals surface area (Å²) in [6, 6.07) is 9.03. The Morgan fingerprint density at radius 1 is 0.963 bits per heavy atom. The lowest BCUT2D eigenvalue weighted by atomic mass is 10.1. The van der Waals surface area contributed by atoms with E-state index in [1.54, 1.807) is 0 Å². The average molecular weight is 437 g/mol. The lowest BCUT2D eigenvalue weighted by Crippen LogP contribution is -2.39. The predicted octanol–water partition coefficient (Wildman–Crippen LogP) is 2.35. The van der Waals surface area contributed by atoms with Gasteiger partial charge in [-0.05, 0) is 50.0 Å². The molecular weight excluding hydrogens is 404 g/mol. The molecule has 0 radical (unpaired) electrons. The molecule has 0 heterocycles. The molecule has 9 heteroatoms. The van der Waals surface area contributed by atoms with Gasteiger partial charge in [-0.15, -0.1) is 0 Å². The van der Waals surface area contributed by atoms with Crippen LogP contribution in [0, 0.1) is 11.8 Å². The minimum absolute atomic E-state index is 0. The van der Waals surface area contributed by atoms with Crippen LogP contribution in [-0.2, 0) is 9.59 Å². The minimum atomic E-state index is -0.868. The molecule has 6 nitrogen and oxygen atoms in total. The molecule has 0 amide bonds. The summed E-state index contributed by atoms with van der Waals surface area (Å²) in [7, 11) is 0. The molecule has 3 atom stereocenters. The summed E-state index contributed by atoms with van der Waals surface area (Å²) in [5.41, 5.74) is 6.36. The number of hydrogen-bond donors (Lipinski definition) is 4. The highest BCUT2D eigenvalue weighted by molar-refractivity contribution is 7.59. The molecule has 0 aliphatic heterocycles. The van der Waals surface area contributed by atoms with Gasteiger partial charge < -0.3 is 15.9 Å². The van der Waals surface area contributed by atoms with Crippen molar-refractivity contribution in [3.8, 4) is 0 Å². The van der Waals surface area contributed by atoms with E-state index in [0.717, 1.165) is 31.2 Å². The molecule has 2 aliphatic rings. The molecule has 1 aromatic carbocycles. The summed E-state index contributed by atoms with van der Waals surface area (Å²) >= 11 is 0. The van der Waals surface area contributed by atoms with Crippen LogP contribution >= 0.6 is 40.5 Å². The van der Waals surface area contributed by atoms with Crippen LogP contribution in [0.25, 0.3) is 0 Å². The molecule has 3 rings (SSSR count). The zero-order valence-electron chi connectivity index (χ0n) is 15.4. The van der Waals surface area contributed by atoms with E-state index in [-0.39, 0.29) is 52.4 Å². The quantitative estimate of drug-likeness (QED) is 0.522. The van der Waals surface area contributed by atoms with Gasteiger partial charge in [0.1, 0.15) is 12.1 Å². The Kier molecular flexibility index (Phi) is 14.0. The average Bonchev–Trinajstić information content (AvgIpc) is 3.45. The first-order valence-corrected chi connectivity index (χ1v) is 8.42. The van der Waals surface area contributed by atoms with Gasteiger partial charge in [-0.2, -0.15) is 40.5 Å². The van der Waals surface area contributed by atoms with Gasteiger partial charge in [0.15, 0.2) is 0 Å². The number of aliphatic carboxylic acids is 2. The molecule has 0 unspecified atom stereocenters. The Morgan fingerprint density at radius 2 is 1.44 bits per heavy atom. The summed E-state index contributed by atoms with van der Waals surface area (Å²) in [6.45, 7) is 2.01. The zero-order valence-corrected chi connectivity index (χ0v) is 18.4. The fraction of sp³-hybridized carbons (Fsp3) is 0.556. The minimum Gasteiger partial charge on any atom is -0.480 e. The van der Waals surface area contributed by atoms with E-state index in [2.05, 4.69) is 5.32 Å². The number of nitrogens with one attached hydrogen (secondary N) is 1. The molecule has 156 valence electrons. The first kappa shape index (κ1) is 28.3.